The molecule has 1 fully saturated rings. The molecule has 0 bridgehead atoms. The number of ether oxygens (including phenoxy) is 2. The second kappa shape index (κ2) is 7.92. The Balaban J connectivity index is 1.39. The van der Waals surface area contributed by atoms with Crippen LogP contribution in [0.2, 0.25) is 0 Å². The van der Waals surface area contributed by atoms with Gasteiger partial charge in [0.2, 0.25) is 11.8 Å². The van der Waals surface area contributed by atoms with Crippen LogP contribution in [0.5, 0.6) is 11.5 Å². The lowest BCUT2D eigenvalue weighted by molar-refractivity contribution is -0.126. The van der Waals surface area contributed by atoms with Crippen molar-refractivity contribution in [1.82, 2.24) is 5.32 Å². The zero-order valence-electron chi connectivity index (χ0n) is 15.9. The third-order valence-electron chi connectivity index (χ3n) is 5.23. The molecular formula is C22H24N2O4. The van der Waals surface area contributed by atoms with Crippen LogP contribution < -0.4 is 19.7 Å². The molecule has 0 spiro atoms. The van der Waals surface area contributed by atoms with E-state index in [0.717, 1.165) is 29.0 Å². The molecule has 146 valence electrons. The maximum absolute atomic E-state index is 12.6. The van der Waals surface area contributed by atoms with Gasteiger partial charge in [0.05, 0.1) is 5.92 Å². The van der Waals surface area contributed by atoms with Gasteiger partial charge in [-0.2, -0.15) is 0 Å². The van der Waals surface area contributed by atoms with Crippen LogP contribution in [0.15, 0.2) is 42.5 Å². The van der Waals surface area contributed by atoms with Crippen molar-refractivity contribution in [1.29, 1.82) is 0 Å². The molecule has 2 heterocycles. The van der Waals surface area contributed by atoms with E-state index in [1.54, 1.807) is 4.90 Å². The van der Waals surface area contributed by atoms with Gasteiger partial charge in [0, 0.05) is 25.2 Å². The highest BCUT2D eigenvalue weighted by Gasteiger charge is 2.35. The zero-order valence-corrected chi connectivity index (χ0v) is 15.9. The normalized spacial score (nSPS) is 18.2. The molecule has 6 heteroatoms. The monoisotopic (exact) mass is 380 g/mol. The Kier molecular flexibility index (Phi) is 5.19. The quantitative estimate of drug-likeness (QED) is 0.866. The fourth-order valence-electron chi connectivity index (χ4n) is 3.72. The average Bonchev–Trinajstić information content (AvgIpc) is 3.13. The summed E-state index contributed by atoms with van der Waals surface area (Å²) < 4.78 is 11.1. The van der Waals surface area contributed by atoms with Crippen LogP contribution in [0.4, 0.5) is 5.69 Å². The summed E-state index contributed by atoms with van der Waals surface area (Å²) in [5, 5.41) is 2.95. The van der Waals surface area contributed by atoms with Crippen molar-refractivity contribution in [3.63, 3.8) is 0 Å². The number of rotatable bonds is 5. The summed E-state index contributed by atoms with van der Waals surface area (Å²) in [6.07, 6.45) is 1.09. The van der Waals surface area contributed by atoms with Crippen molar-refractivity contribution < 1.29 is 19.1 Å². The molecular weight excluding hydrogens is 356 g/mol. The van der Waals surface area contributed by atoms with Gasteiger partial charge in [-0.3, -0.25) is 9.59 Å². The first-order valence-electron chi connectivity index (χ1n) is 9.70. The largest absolute Gasteiger partial charge is 0.486 e. The van der Waals surface area contributed by atoms with Gasteiger partial charge in [-0.1, -0.05) is 31.2 Å². The van der Waals surface area contributed by atoms with Crippen molar-refractivity contribution in [3.8, 4) is 11.5 Å². The number of nitrogens with zero attached hydrogens (tertiary/aromatic N) is 1. The Bertz CT molecular complexity index is 896. The first-order chi connectivity index (χ1) is 13.7. The summed E-state index contributed by atoms with van der Waals surface area (Å²) in [6, 6.07) is 13.5. The molecule has 2 aliphatic heterocycles. The number of aryl methyl sites for hydroxylation is 1. The Morgan fingerprint density at radius 3 is 2.75 bits per heavy atom. The molecule has 2 aromatic rings. The number of nitrogens with one attached hydrogen (secondary N) is 1. The summed E-state index contributed by atoms with van der Waals surface area (Å²) in [7, 11) is 0. The highest BCUT2D eigenvalue weighted by atomic mass is 16.6. The van der Waals surface area contributed by atoms with Crippen LogP contribution in [0.25, 0.3) is 0 Å². The second-order valence-electron chi connectivity index (χ2n) is 7.08. The molecule has 1 atom stereocenters. The van der Waals surface area contributed by atoms with E-state index in [1.165, 1.54) is 0 Å². The Labute approximate surface area is 164 Å². The van der Waals surface area contributed by atoms with Crippen LogP contribution in [-0.4, -0.2) is 31.6 Å². The third kappa shape index (κ3) is 3.67. The minimum atomic E-state index is -0.338. The smallest absolute Gasteiger partial charge is 0.227 e. The lowest BCUT2D eigenvalue weighted by Crippen LogP contribution is -2.32. The minimum Gasteiger partial charge on any atom is -0.486 e. The molecule has 2 aromatic carbocycles. The number of amides is 2. The van der Waals surface area contributed by atoms with E-state index < -0.39 is 0 Å². The molecule has 0 radical (unpaired) electrons. The van der Waals surface area contributed by atoms with E-state index in [-0.39, 0.29) is 24.2 Å². The van der Waals surface area contributed by atoms with E-state index >= 15 is 0 Å². The summed E-state index contributed by atoms with van der Waals surface area (Å²) in [5.41, 5.74) is 2.97. The first-order valence-corrected chi connectivity index (χ1v) is 9.70. The summed E-state index contributed by atoms with van der Waals surface area (Å²) in [5.74, 6) is 0.999. The lowest BCUT2D eigenvalue weighted by Gasteiger charge is -2.20. The average molecular weight is 380 g/mol. The van der Waals surface area contributed by atoms with E-state index in [4.69, 9.17) is 9.47 Å². The standard InChI is InChI=1S/C22H24N2O4/c1-2-16-5-3-4-6-18(16)24-14-17(12-21(24)25)22(26)23-13-15-7-8-19-20(11-15)28-10-9-27-19/h3-8,11,17H,2,9-10,12-14H2,1H3,(H,23,26). The number of carbonyl (C=O) groups is 2. The number of hydrogen-bond acceptors (Lipinski definition) is 4. The van der Waals surface area contributed by atoms with Gasteiger partial charge in [0.25, 0.3) is 0 Å². The number of para-hydroxylation sites is 1. The molecule has 4 rings (SSSR count). The molecule has 6 nitrogen and oxygen atoms in total. The van der Waals surface area contributed by atoms with Crippen molar-refractivity contribution in [3.05, 3.63) is 53.6 Å². The fraction of sp³-hybridized carbons (Fsp3) is 0.364. The first kappa shape index (κ1) is 18.3. The van der Waals surface area contributed by atoms with Crippen LogP contribution in [0.1, 0.15) is 24.5 Å². The fourth-order valence-corrected chi connectivity index (χ4v) is 3.72. The van der Waals surface area contributed by atoms with Crippen LogP contribution in [0, 0.1) is 5.92 Å². The summed E-state index contributed by atoms with van der Waals surface area (Å²) >= 11 is 0. The van der Waals surface area contributed by atoms with Gasteiger partial charge >= 0.3 is 0 Å². The maximum atomic E-state index is 12.6. The topological polar surface area (TPSA) is 67.9 Å². The minimum absolute atomic E-state index is 0.000351. The van der Waals surface area contributed by atoms with Crippen molar-refractivity contribution >= 4 is 17.5 Å². The van der Waals surface area contributed by atoms with E-state index in [0.29, 0.717) is 32.1 Å². The molecule has 0 aromatic heterocycles. The number of hydrogen-bond donors (Lipinski definition) is 1. The molecule has 1 unspecified atom stereocenters. The maximum Gasteiger partial charge on any atom is 0.227 e. The number of carbonyl (C=O) groups excluding carboxylic acids is 2. The van der Waals surface area contributed by atoms with E-state index in [9.17, 15) is 9.59 Å². The van der Waals surface area contributed by atoms with Crippen LogP contribution in [-0.2, 0) is 22.6 Å². The Hall–Kier alpha value is -3.02. The number of anilines is 1. The van der Waals surface area contributed by atoms with Gasteiger partial charge in [-0.15, -0.1) is 0 Å². The molecule has 0 saturated carbocycles. The van der Waals surface area contributed by atoms with Crippen molar-refractivity contribution in [2.75, 3.05) is 24.7 Å². The van der Waals surface area contributed by atoms with Crippen molar-refractivity contribution in [2.45, 2.75) is 26.3 Å². The molecule has 2 aliphatic rings. The highest BCUT2D eigenvalue weighted by molar-refractivity contribution is 6.00. The highest BCUT2D eigenvalue weighted by Crippen LogP contribution is 2.31. The molecule has 1 N–H and O–H groups in total. The molecule has 28 heavy (non-hydrogen) atoms. The predicted octanol–water partition coefficient (Wildman–Crippen LogP) is 2.69. The zero-order chi connectivity index (χ0) is 19.5. The van der Waals surface area contributed by atoms with Gasteiger partial charge in [-0.25, -0.2) is 0 Å². The van der Waals surface area contributed by atoms with Gasteiger partial charge in [0.1, 0.15) is 13.2 Å². The van der Waals surface area contributed by atoms with E-state index in [2.05, 4.69) is 12.2 Å². The summed E-state index contributed by atoms with van der Waals surface area (Å²) in [4.78, 5) is 26.9. The molecule has 0 aliphatic carbocycles. The Morgan fingerprint density at radius 2 is 1.93 bits per heavy atom. The summed E-state index contributed by atoms with van der Waals surface area (Å²) in [6.45, 7) is 3.96. The molecule has 1 saturated heterocycles. The van der Waals surface area contributed by atoms with Crippen LogP contribution >= 0.6 is 0 Å². The Morgan fingerprint density at radius 1 is 1.14 bits per heavy atom. The van der Waals surface area contributed by atoms with Crippen LogP contribution in [0.3, 0.4) is 0 Å². The molecule has 2 amide bonds. The van der Waals surface area contributed by atoms with Gasteiger partial charge < -0.3 is 19.7 Å². The van der Waals surface area contributed by atoms with E-state index in [1.807, 2.05) is 42.5 Å². The SMILES string of the molecule is CCc1ccccc1N1CC(C(=O)NCc2ccc3c(c2)OCCO3)CC1=O. The third-order valence-corrected chi connectivity index (χ3v) is 5.23. The predicted molar refractivity (Wildman–Crippen MR) is 106 cm³/mol. The number of fused-ring (bicyclic) bond motifs is 1. The second-order valence-corrected chi connectivity index (χ2v) is 7.08. The van der Waals surface area contributed by atoms with Gasteiger partial charge in [0.15, 0.2) is 11.5 Å². The van der Waals surface area contributed by atoms with Gasteiger partial charge in [-0.05, 0) is 35.7 Å². The van der Waals surface area contributed by atoms with Crippen molar-refractivity contribution in [2.24, 2.45) is 5.92 Å². The lowest BCUT2D eigenvalue weighted by atomic mass is 10.1. The number of benzene rings is 2.